The highest BCUT2D eigenvalue weighted by Crippen LogP contribution is 2.68. The zero-order chi connectivity index (χ0) is 35.6. The Labute approximate surface area is 306 Å². The number of unbranched alkanes of at least 4 members (excludes halogenated alkanes) is 9. The van der Waals surface area contributed by atoms with E-state index in [-0.39, 0.29) is 0 Å². The first-order chi connectivity index (χ1) is 23.3. The Kier molecular flexibility index (Phi) is 28.2. The molecule has 1 aliphatic carbocycles. The van der Waals surface area contributed by atoms with Crippen molar-refractivity contribution >= 4 is 22.5 Å². The Morgan fingerprint density at radius 3 is 0.562 bits per heavy atom. The van der Waals surface area contributed by atoms with Crippen molar-refractivity contribution in [2.75, 3.05) is 55.5 Å². The van der Waals surface area contributed by atoms with Gasteiger partial charge in [-0.05, 0) is 57.8 Å². The van der Waals surface area contributed by atoms with Crippen molar-refractivity contribution in [1.29, 1.82) is 0 Å². The summed E-state index contributed by atoms with van der Waals surface area (Å²) in [5.74, 6) is 0. The van der Waals surface area contributed by atoms with E-state index in [2.05, 4.69) is 62.3 Å². The smallest absolute Gasteiger partial charge is 0.146 e. The molecule has 0 amide bonds. The molecule has 0 heterocycles. The summed E-state index contributed by atoms with van der Waals surface area (Å²) in [7, 11) is -4.40. The summed E-state index contributed by atoms with van der Waals surface area (Å²) in [6.07, 6.45) is 39.7. The lowest BCUT2D eigenvalue weighted by Gasteiger charge is -2.40. The van der Waals surface area contributed by atoms with E-state index < -0.39 is 22.5 Å². The minimum Gasteiger partial charge on any atom is -0.235 e. The van der Waals surface area contributed by atoms with Crippen LogP contribution in [0.3, 0.4) is 0 Å². The summed E-state index contributed by atoms with van der Waals surface area (Å²) in [5.41, 5.74) is 0. The lowest BCUT2D eigenvalue weighted by molar-refractivity contribution is 0.0118. The molecule has 6 heteroatoms. The highest BCUT2D eigenvalue weighted by atomic mass is 31.2. The Bertz CT molecular complexity index is 568. The van der Waals surface area contributed by atoms with Gasteiger partial charge in [-0.1, -0.05) is 120 Å². The summed E-state index contributed by atoms with van der Waals surface area (Å²) >= 11 is 0. The van der Waals surface area contributed by atoms with E-state index in [0.717, 1.165) is 19.3 Å². The Morgan fingerprint density at radius 2 is 0.438 bits per heavy atom. The predicted octanol–water partition coefficient (Wildman–Crippen LogP) is 15.3. The second kappa shape index (κ2) is 28.6. The van der Waals surface area contributed by atoms with Gasteiger partial charge in [-0.15, -0.1) is 0 Å². The fraction of sp³-hybridized carbons (Fsp3) is 1.00. The molecule has 0 radical (unpaired) electrons. The topological polar surface area (TPSA) is 27.7 Å². The molecular weight excluding hydrogens is 645 g/mol. The number of hydrogen-bond acceptors (Lipinski definition) is 3. The first kappa shape index (κ1) is 47.2. The van der Waals surface area contributed by atoms with Crippen LogP contribution in [0.2, 0.25) is 0 Å². The maximum atomic E-state index is 7.74. The molecule has 0 aromatic heterocycles. The quantitative estimate of drug-likeness (QED) is 0.0628. The first-order valence-corrected chi connectivity index (χ1v) is 28.7. The summed E-state index contributed by atoms with van der Waals surface area (Å²) in [4.78, 5) is 0. The van der Waals surface area contributed by atoms with Crippen LogP contribution in [0.4, 0.5) is 0 Å². The van der Waals surface area contributed by atoms with Gasteiger partial charge in [-0.2, -0.15) is 0 Å². The van der Waals surface area contributed by atoms with Crippen molar-refractivity contribution in [3.8, 4) is 0 Å². The first-order valence-electron chi connectivity index (χ1n) is 21.9. The zero-order valence-corrected chi connectivity index (χ0v) is 37.2. The van der Waals surface area contributed by atoms with Crippen LogP contribution in [0.1, 0.15) is 197 Å². The monoisotopic (exact) mass is 736 g/mol. The maximum Gasteiger partial charge on any atom is 0.146 e. The minimum absolute atomic E-state index is 0.309. The van der Waals surface area contributed by atoms with Crippen LogP contribution in [-0.2, 0) is 13.6 Å². The lowest BCUT2D eigenvalue weighted by atomic mass is 9.93. The van der Waals surface area contributed by atoms with Crippen LogP contribution in [0.5, 0.6) is 0 Å². The fourth-order valence-corrected chi connectivity index (χ4v) is 21.3. The molecule has 48 heavy (non-hydrogen) atoms. The zero-order valence-electron chi connectivity index (χ0n) is 34.5. The normalized spacial score (nSPS) is 19.3. The van der Waals surface area contributed by atoms with Crippen molar-refractivity contribution in [1.82, 2.24) is 0 Å². The number of rotatable bonds is 33. The second-order valence-electron chi connectivity index (χ2n) is 15.8. The van der Waals surface area contributed by atoms with Crippen LogP contribution in [0.25, 0.3) is 0 Å². The second-order valence-corrected chi connectivity index (χ2v) is 26.8. The fourth-order valence-electron chi connectivity index (χ4n) is 7.87. The van der Waals surface area contributed by atoms with Crippen LogP contribution in [0.15, 0.2) is 0 Å². The summed E-state index contributed by atoms with van der Waals surface area (Å²) in [6.45, 7) is 21.4. The highest BCUT2D eigenvalue weighted by Gasteiger charge is 2.50. The van der Waals surface area contributed by atoms with Crippen molar-refractivity contribution in [2.45, 2.75) is 215 Å². The van der Waals surface area contributed by atoms with Gasteiger partial charge in [0, 0.05) is 19.3 Å². The maximum absolute atomic E-state index is 7.74. The lowest BCUT2D eigenvalue weighted by Crippen LogP contribution is -2.39. The van der Waals surface area contributed by atoms with E-state index in [1.165, 1.54) is 171 Å². The Hall–Kier alpha value is 1.17. The molecule has 1 rings (SSSR count). The summed E-state index contributed by atoms with van der Waals surface area (Å²) in [5, 5.41) is 0. The third-order valence-electron chi connectivity index (χ3n) is 11.0. The minimum atomic E-state index is -1.47. The molecule has 0 bridgehead atoms. The van der Waals surface area contributed by atoms with Gasteiger partial charge >= 0.3 is 0 Å². The third kappa shape index (κ3) is 18.8. The van der Waals surface area contributed by atoms with E-state index in [1.54, 1.807) is 0 Å². The van der Waals surface area contributed by atoms with E-state index in [9.17, 15) is 0 Å². The van der Waals surface area contributed by atoms with Gasteiger partial charge in [-0.3, -0.25) is 0 Å². The molecule has 0 aliphatic heterocycles. The van der Waals surface area contributed by atoms with Crippen LogP contribution >= 0.6 is 22.5 Å². The SMILES string of the molecule is CCCC[P+](CCCC)(CCCC)OC1CC(O[P+](CCCC)(CCCC)CCCC)CC(O[P+](CCCC)(CCCC)CCCC)C1. The number of hydrogen-bond donors (Lipinski definition) is 0. The van der Waals surface area contributed by atoms with E-state index in [4.69, 9.17) is 13.6 Å². The third-order valence-corrected chi connectivity index (χ3v) is 23.4. The molecule has 0 aromatic carbocycles. The van der Waals surface area contributed by atoms with E-state index in [1.807, 2.05) is 0 Å². The molecule has 1 saturated carbocycles. The van der Waals surface area contributed by atoms with Crippen molar-refractivity contribution in [3.63, 3.8) is 0 Å². The molecule has 0 N–H and O–H groups in total. The molecule has 0 aromatic rings. The molecule has 0 saturated heterocycles. The average Bonchev–Trinajstić information content (AvgIpc) is 3.09. The average molecular weight is 736 g/mol. The van der Waals surface area contributed by atoms with E-state index >= 15 is 0 Å². The molecule has 0 unspecified atom stereocenters. The molecular formula is C42H90O3P3+3. The van der Waals surface area contributed by atoms with Gasteiger partial charge in [0.05, 0.1) is 55.5 Å². The molecule has 1 aliphatic rings. The van der Waals surface area contributed by atoms with Crippen molar-refractivity contribution in [2.24, 2.45) is 0 Å². The van der Waals surface area contributed by atoms with Gasteiger partial charge in [0.2, 0.25) is 0 Å². The van der Waals surface area contributed by atoms with Gasteiger partial charge in [0.1, 0.15) is 40.8 Å². The molecule has 1 fully saturated rings. The molecule has 0 spiro atoms. The van der Waals surface area contributed by atoms with Gasteiger partial charge in [-0.25, -0.2) is 13.6 Å². The van der Waals surface area contributed by atoms with Crippen molar-refractivity contribution < 1.29 is 13.6 Å². The summed E-state index contributed by atoms with van der Waals surface area (Å²) in [6, 6.07) is 0. The van der Waals surface area contributed by atoms with Gasteiger partial charge < -0.3 is 0 Å². The van der Waals surface area contributed by atoms with Crippen LogP contribution in [0, 0.1) is 0 Å². The van der Waals surface area contributed by atoms with Crippen LogP contribution in [-0.4, -0.2) is 73.8 Å². The summed E-state index contributed by atoms with van der Waals surface area (Å²) < 4.78 is 23.2. The van der Waals surface area contributed by atoms with Gasteiger partial charge in [0.15, 0.2) is 0 Å². The Morgan fingerprint density at radius 1 is 0.292 bits per heavy atom. The van der Waals surface area contributed by atoms with Gasteiger partial charge in [0.25, 0.3) is 0 Å². The predicted molar refractivity (Wildman–Crippen MR) is 227 cm³/mol. The molecule has 288 valence electrons. The molecule has 3 nitrogen and oxygen atoms in total. The van der Waals surface area contributed by atoms with Crippen LogP contribution < -0.4 is 0 Å². The Balaban J connectivity index is 3.59. The van der Waals surface area contributed by atoms with E-state index in [0.29, 0.717) is 18.3 Å². The largest absolute Gasteiger partial charge is 0.235 e. The standard InChI is InChI=1S/C42H90O3P3/c1-10-19-28-46(29-20-11-2,30-21-12-3)43-40-37-41(44-47(31-22-13-4,32-23-14-5)33-24-15-6)39-42(38-40)45-48(34-25-16-7,35-26-17-8)36-27-18-9/h40-42H,10-39H2,1-9H3/q+3. The molecule has 0 atom stereocenters. The highest BCUT2D eigenvalue weighted by molar-refractivity contribution is 7.72. The van der Waals surface area contributed by atoms with Crippen molar-refractivity contribution in [3.05, 3.63) is 0 Å².